The molecule has 0 spiro atoms. The van der Waals surface area contributed by atoms with Crippen molar-refractivity contribution in [1.29, 1.82) is 0 Å². The van der Waals surface area contributed by atoms with E-state index in [0.29, 0.717) is 10.6 Å². The van der Waals surface area contributed by atoms with Gasteiger partial charge in [0.05, 0.1) is 23.2 Å². The second kappa shape index (κ2) is 7.20. The topological polar surface area (TPSA) is 78.4 Å². The standard InChI is InChI=1S/C11H12Cl2N2O3/c12-8-2-1-7(5-9(8)13)11(18)15-6-10(17)14-3-4-16/h1-2,5,16H,3-4,6H2,(H,14,17)(H,15,18). The number of carbonyl (C=O) groups is 2. The van der Waals surface area contributed by atoms with Crippen LogP contribution in [0.1, 0.15) is 10.4 Å². The van der Waals surface area contributed by atoms with Gasteiger partial charge < -0.3 is 15.7 Å². The highest BCUT2D eigenvalue weighted by atomic mass is 35.5. The number of amides is 2. The highest BCUT2D eigenvalue weighted by molar-refractivity contribution is 6.42. The Labute approximate surface area is 114 Å². The fourth-order valence-electron chi connectivity index (χ4n) is 1.16. The van der Waals surface area contributed by atoms with Crippen LogP contribution in [0.4, 0.5) is 0 Å². The van der Waals surface area contributed by atoms with Crippen LogP contribution in [0.3, 0.4) is 0 Å². The molecule has 0 saturated heterocycles. The van der Waals surface area contributed by atoms with Gasteiger partial charge in [0, 0.05) is 12.1 Å². The lowest BCUT2D eigenvalue weighted by Crippen LogP contribution is -2.37. The monoisotopic (exact) mass is 290 g/mol. The quantitative estimate of drug-likeness (QED) is 0.752. The van der Waals surface area contributed by atoms with E-state index in [2.05, 4.69) is 10.6 Å². The zero-order valence-electron chi connectivity index (χ0n) is 9.37. The molecule has 0 radical (unpaired) electrons. The van der Waals surface area contributed by atoms with Crippen LogP contribution in [0.2, 0.25) is 10.0 Å². The Morgan fingerprint density at radius 2 is 1.89 bits per heavy atom. The number of aliphatic hydroxyl groups excluding tert-OH is 1. The number of hydrogen-bond donors (Lipinski definition) is 3. The van der Waals surface area contributed by atoms with Crippen LogP contribution in [0.5, 0.6) is 0 Å². The summed E-state index contributed by atoms with van der Waals surface area (Å²) in [5, 5.41) is 14.0. The van der Waals surface area contributed by atoms with E-state index in [1.54, 1.807) is 0 Å². The molecule has 7 heteroatoms. The molecule has 0 fully saturated rings. The van der Waals surface area contributed by atoms with Gasteiger partial charge in [-0.15, -0.1) is 0 Å². The second-order valence-corrected chi connectivity index (χ2v) is 4.20. The smallest absolute Gasteiger partial charge is 0.251 e. The molecule has 5 nitrogen and oxygen atoms in total. The summed E-state index contributed by atoms with van der Waals surface area (Å²) in [5.74, 6) is -0.801. The van der Waals surface area contributed by atoms with Crippen LogP contribution >= 0.6 is 23.2 Å². The van der Waals surface area contributed by atoms with Crippen LogP contribution in [0.25, 0.3) is 0 Å². The first-order valence-electron chi connectivity index (χ1n) is 5.15. The molecular formula is C11H12Cl2N2O3. The van der Waals surface area contributed by atoms with Gasteiger partial charge in [-0.3, -0.25) is 9.59 Å². The summed E-state index contributed by atoms with van der Waals surface area (Å²) < 4.78 is 0. The Kier molecular flexibility index (Phi) is 5.91. The fraction of sp³-hybridized carbons (Fsp3) is 0.273. The number of aliphatic hydroxyl groups is 1. The maximum atomic E-state index is 11.6. The predicted octanol–water partition coefficient (Wildman–Crippen LogP) is 0.832. The van der Waals surface area contributed by atoms with Crippen molar-refractivity contribution in [1.82, 2.24) is 10.6 Å². The Balaban J connectivity index is 2.50. The highest BCUT2D eigenvalue weighted by Gasteiger charge is 2.09. The van der Waals surface area contributed by atoms with Gasteiger partial charge in [-0.1, -0.05) is 23.2 Å². The summed E-state index contributed by atoms with van der Waals surface area (Å²) in [6.07, 6.45) is 0. The molecular weight excluding hydrogens is 279 g/mol. The summed E-state index contributed by atoms with van der Waals surface area (Å²) in [5.41, 5.74) is 0.319. The summed E-state index contributed by atoms with van der Waals surface area (Å²) in [4.78, 5) is 22.8. The molecule has 0 bridgehead atoms. The van der Waals surface area contributed by atoms with Gasteiger partial charge in [0.2, 0.25) is 5.91 Å². The van der Waals surface area contributed by atoms with Crippen molar-refractivity contribution < 1.29 is 14.7 Å². The number of halogens is 2. The van der Waals surface area contributed by atoms with Gasteiger partial charge in [0.15, 0.2) is 0 Å². The normalized spacial score (nSPS) is 9.94. The maximum Gasteiger partial charge on any atom is 0.251 e. The molecule has 0 atom stereocenters. The van der Waals surface area contributed by atoms with Crippen LogP contribution in [-0.2, 0) is 4.79 Å². The number of rotatable bonds is 5. The number of benzene rings is 1. The SMILES string of the molecule is O=C(CNC(=O)c1ccc(Cl)c(Cl)c1)NCCO. The largest absolute Gasteiger partial charge is 0.395 e. The van der Waals surface area contributed by atoms with E-state index in [1.807, 2.05) is 0 Å². The van der Waals surface area contributed by atoms with Gasteiger partial charge in [-0.2, -0.15) is 0 Å². The first kappa shape index (κ1) is 14.8. The average Bonchev–Trinajstić information content (AvgIpc) is 2.36. The van der Waals surface area contributed by atoms with Gasteiger partial charge in [0.1, 0.15) is 0 Å². The third-order valence-electron chi connectivity index (χ3n) is 2.03. The molecule has 0 aliphatic heterocycles. The van der Waals surface area contributed by atoms with E-state index in [0.717, 1.165) is 0 Å². The lowest BCUT2D eigenvalue weighted by Gasteiger charge is -2.06. The third-order valence-corrected chi connectivity index (χ3v) is 2.76. The Morgan fingerprint density at radius 3 is 2.50 bits per heavy atom. The van der Waals surface area contributed by atoms with Crippen molar-refractivity contribution in [2.45, 2.75) is 0 Å². The molecule has 0 unspecified atom stereocenters. The predicted molar refractivity (Wildman–Crippen MR) is 68.9 cm³/mol. The molecule has 18 heavy (non-hydrogen) atoms. The van der Waals surface area contributed by atoms with Crippen LogP contribution < -0.4 is 10.6 Å². The second-order valence-electron chi connectivity index (χ2n) is 3.39. The molecule has 1 aromatic rings. The van der Waals surface area contributed by atoms with Crippen molar-refractivity contribution in [3.05, 3.63) is 33.8 Å². The molecule has 98 valence electrons. The van der Waals surface area contributed by atoms with Gasteiger partial charge in [-0.25, -0.2) is 0 Å². The van der Waals surface area contributed by atoms with E-state index in [9.17, 15) is 9.59 Å². The first-order chi connectivity index (χ1) is 8.54. The molecule has 0 aliphatic carbocycles. The zero-order valence-corrected chi connectivity index (χ0v) is 10.9. The minimum Gasteiger partial charge on any atom is -0.395 e. The van der Waals surface area contributed by atoms with Gasteiger partial charge in [0.25, 0.3) is 5.91 Å². The Bertz CT molecular complexity index is 452. The lowest BCUT2D eigenvalue weighted by atomic mass is 10.2. The molecule has 0 aromatic heterocycles. The summed E-state index contributed by atoms with van der Waals surface area (Å²) in [7, 11) is 0. The minimum atomic E-state index is -0.423. The van der Waals surface area contributed by atoms with Crippen molar-refractivity contribution in [2.75, 3.05) is 19.7 Å². The van der Waals surface area contributed by atoms with Gasteiger partial charge >= 0.3 is 0 Å². The molecule has 2 amide bonds. The Hall–Kier alpha value is -1.30. The van der Waals surface area contributed by atoms with Crippen molar-refractivity contribution in [3.8, 4) is 0 Å². The number of hydrogen-bond acceptors (Lipinski definition) is 3. The van der Waals surface area contributed by atoms with E-state index in [-0.39, 0.29) is 30.6 Å². The molecule has 0 aliphatic rings. The van der Waals surface area contributed by atoms with Crippen LogP contribution in [0, 0.1) is 0 Å². The Morgan fingerprint density at radius 1 is 1.17 bits per heavy atom. The maximum absolute atomic E-state index is 11.6. The highest BCUT2D eigenvalue weighted by Crippen LogP contribution is 2.22. The number of nitrogens with one attached hydrogen (secondary N) is 2. The summed E-state index contributed by atoms with van der Waals surface area (Å²) in [6, 6.07) is 4.44. The average molecular weight is 291 g/mol. The zero-order chi connectivity index (χ0) is 13.5. The third kappa shape index (κ3) is 4.52. The lowest BCUT2D eigenvalue weighted by molar-refractivity contribution is -0.120. The van der Waals surface area contributed by atoms with E-state index < -0.39 is 5.91 Å². The fourth-order valence-corrected chi connectivity index (χ4v) is 1.46. The van der Waals surface area contributed by atoms with Gasteiger partial charge in [-0.05, 0) is 18.2 Å². The first-order valence-corrected chi connectivity index (χ1v) is 5.91. The molecule has 1 rings (SSSR count). The molecule has 1 aromatic carbocycles. The number of carbonyl (C=O) groups excluding carboxylic acids is 2. The minimum absolute atomic E-state index is 0.146. The molecule has 3 N–H and O–H groups in total. The van der Waals surface area contributed by atoms with E-state index in [4.69, 9.17) is 28.3 Å². The van der Waals surface area contributed by atoms with Crippen molar-refractivity contribution in [2.24, 2.45) is 0 Å². The summed E-state index contributed by atoms with van der Waals surface area (Å²) >= 11 is 11.5. The summed E-state index contributed by atoms with van der Waals surface area (Å²) in [6.45, 7) is -0.160. The van der Waals surface area contributed by atoms with E-state index in [1.165, 1.54) is 18.2 Å². The van der Waals surface area contributed by atoms with Crippen LogP contribution in [-0.4, -0.2) is 36.6 Å². The van der Waals surface area contributed by atoms with Crippen LogP contribution in [0.15, 0.2) is 18.2 Å². The van der Waals surface area contributed by atoms with E-state index >= 15 is 0 Å². The molecule has 0 saturated carbocycles. The van der Waals surface area contributed by atoms with Crippen molar-refractivity contribution >= 4 is 35.0 Å². The van der Waals surface area contributed by atoms with Crippen molar-refractivity contribution in [3.63, 3.8) is 0 Å². The molecule has 0 heterocycles.